The van der Waals surface area contributed by atoms with Gasteiger partial charge in [0.05, 0.1) is 17.1 Å². The molecule has 0 radical (unpaired) electrons. The van der Waals surface area contributed by atoms with Crippen LogP contribution in [0.2, 0.25) is 5.02 Å². The van der Waals surface area contributed by atoms with Gasteiger partial charge in [0.25, 0.3) is 0 Å². The lowest BCUT2D eigenvalue weighted by Crippen LogP contribution is -2.45. The number of hydrogen-bond donors (Lipinski definition) is 1. The van der Waals surface area contributed by atoms with Gasteiger partial charge in [-0.1, -0.05) is 23.7 Å². The van der Waals surface area contributed by atoms with Crippen LogP contribution in [-0.2, 0) is 4.79 Å². The van der Waals surface area contributed by atoms with Crippen molar-refractivity contribution in [2.75, 3.05) is 20.2 Å². The SMILES string of the molecule is CN(CCOc1ccccc1Cl)C(=O)C1(N)CC1. The Morgan fingerprint density at radius 2 is 2.17 bits per heavy atom. The Morgan fingerprint density at radius 3 is 2.78 bits per heavy atom. The second kappa shape index (κ2) is 5.16. The van der Waals surface area contributed by atoms with E-state index in [-0.39, 0.29) is 5.91 Å². The summed E-state index contributed by atoms with van der Waals surface area (Å²) in [6.07, 6.45) is 1.56. The van der Waals surface area contributed by atoms with E-state index in [0.717, 1.165) is 12.8 Å². The highest BCUT2D eigenvalue weighted by atomic mass is 35.5. The van der Waals surface area contributed by atoms with Crippen LogP contribution in [0.5, 0.6) is 5.75 Å². The van der Waals surface area contributed by atoms with Crippen molar-refractivity contribution in [3.8, 4) is 5.75 Å². The second-order valence-electron chi connectivity index (χ2n) is 4.66. The highest BCUT2D eigenvalue weighted by Gasteiger charge is 2.47. The fourth-order valence-electron chi connectivity index (χ4n) is 1.68. The molecule has 0 spiro atoms. The Balaban J connectivity index is 1.79. The summed E-state index contributed by atoms with van der Waals surface area (Å²) in [5.41, 5.74) is 5.23. The van der Waals surface area contributed by atoms with E-state index in [4.69, 9.17) is 22.1 Å². The van der Waals surface area contributed by atoms with Crippen molar-refractivity contribution in [2.45, 2.75) is 18.4 Å². The lowest BCUT2D eigenvalue weighted by molar-refractivity contribution is -0.132. The molecular formula is C13H17ClN2O2. The number of nitrogens with zero attached hydrogens (tertiary/aromatic N) is 1. The molecule has 1 aliphatic carbocycles. The third-order valence-corrected chi connectivity index (χ3v) is 3.39. The zero-order valence-electron chi connectivity index (χ0n) is 10.4. The van der Waals surface area contributed by atoms with Crippen molar-refractivity contribution in [2.24, 2.45) is 5.73 Å². The van der Waals surface area contributed by atoms with Crippen molar-refractivity contribution >= 4 is 17.5 Å². The minimum atomic E-state index is -0.612. The normalized spacial score (nSPS) is 16.2. The molecule has 0 bridgehead atoms. The average molecular weight is 269 g/mol. The molecule has 0 heterocycles. The van der Waals surface area contributed by atoms with Gasteiger partial charge >= 0.3 is 0 Å². The summed E-state index contributed by atoms with van der Waals surface area (Å²) in [6, 6.07) is 7.27. The first kappa shape index (κ1) is 13.2. The maximum Gasteiger partial charge on any atom is 0.242 e. The van der Waals surface area contributed by atoms with Gasteiger partial charge < -0.3 is 15.4 Å². The Morgan fingerprint density at radius 1 is 1.50 bits per heavy atom. The van der Waals surface area contributed by atoms with Crippen LogP contribution in [0.4, 0.5) is 0 Å². The molecule has 18 heavy (non-hydrogen) atoms. The third-order valence-electron chi connectivity index (χ3n) is 3.08. The van der Waals surface area contributed by atoms with Crippen LogP contribution in [0.3, 0.4) is 0 Å². The summed E-state index contributed by atoms with van der Waals surface area (Å²) in [4.78, 5) is 13.5. The molecule has 2 N–H and O–H groups in total. The number of amides is 1. The van der Waals surface area contributed by atoms with Gasteiger partial charge in [0.15, 0.2) is 0 Å². The lowest BCUT2D eigenvalue weighted by Gasteiger charge is -2.21. The first-order valence-corrected chi connectivity index (χ1v) is 6.32. The maximum atomic E-state index is 11.9. The molecule has 5 heteroatoms. The van der Waals surface area contributed by atoms with Crippen molar-refractivity contribution in [1.29, 1.82) is 0 Å². The number of benzene rings is 1. The van der Waals surface area contributed by atoms with Crippen LogP contribution in [0.15, 0.2) is 24.3 Å². The molecule has 98 valence electrons. The number of halogens is 1. The van der Waals surface area contributed by atoms with Crippen LogP contribution < -0.4 is 10.5 Å². The van der Waals surface area contributed by atoms with Crippen LogP contribution in [-0.4, -0.2) is 36.5 Å². The molecule has 1 aliphatic rings. The van der Waals surface area contributed by atoms with E-state index in [1.807, 2.05) is 12.1 Å². The van der Waals surface area contributed by atoms with Gasteiger partial charge in [-0.05, 0) is 25.0 Å². The molecule has 1 saturated carbocycles. The summed E-state index contributed by atoms with van der Waals surface area (Å²) in [7, 11) is 1.74. The van der Waals surface area contributed by atoms with Gasteiger partial charge in [0.2, 0.25) is 5.91 Å². The zero-order chi connectivity index (χ0) is 13.2. The highest BCUT2D eigenvalue weighted by molar-refractivity contribution is 6.32. The van der Waals surface area contributed by atoms with Crippen LogP contribution in [0.25, 0.3) is 0 Å². The second-order valence-corrected chi connectivity index (χ2v) is 5.07. The molecule has 1 fully saturated rings. The molecule has 4 nitrogen and oxygen atoms in total. The number of likely N-dealkylation sites (N-methyl/N-ethyl adjacent to an activating group) is 1. The average Bonchev–Trinajstić information content (AvgIpc) is 3.10. The zero-order valence-corrected chi connectivity index (χ0v) is 11.1. The van der Waals surface area contributed by atoms with Gasteiger partial charge in [-0.2, -0.15) is 0 Å². The summed E-state index contributed by atoms with van der Waals surface area (Å²) >= 11 is 5.96. The van der Waals surface area contributed by atoms with E-state index in [1.54, 1.807) is 24.1 Å². The van der Waals surface area contributed by atoms with Crippen molar-refractivity contribution in [3.63, 3.8) is 0 Å². The van der Waals surface area contributed by atoms with Crippen molar-refractivity contribution < 1.29 is 9.53 Å². The summed E-state index contributed by atoms with van der Waals surface area (Å²) in [5, 5.41) is 0.573. The Labute approximate surface area is 112 Å². The first-order chi connectivity index (χ1) is 8.53. The highest BCUT2D eigenvalue weighted by Crippen LogP contribution is 2.33. The predicted molar refractivity (Wildman–Crippen MR) is 70.7 cm³/mol. The van der Waals surface area contributed by atoms with E-state index in [2.05, 4.69) is 0 Å². The summed E-state index contributed by atoms with van der Waals surface area (Å²) < 4.78 is 5.52. The fourth-order valence-corrected chi connectivity index (χ4v) is 1.87. The number of para-hydroxylation sites is 1. The number of hydrogen-bond acceptors (Lipinski definition) is 3. The number of nitrogens with two attached hydrogens (primary N) is 1. The molecule has 0 aliphatic heterocycles. The minimum Gasteiger partial charge on any atom is -0.490 e. The molecule has 1 aromatic carbocycles. The standard InChI is InChI=1S/C13H17ClN2O2/c1-16(12(17)13(15)6-7-13)8-9-18-11-5-3-2-4-10(11)14/h2-5H,6-9,15H2,1H3. The van der Waals surface area contributed by atoms with Crippen LogP contribution in [0, 0.1) is 0 Å². The molecule has 2 rings (SSSR count). The Hall–Kier alpha value is -1.26. The van der Waals surface area contributed by atoms with Crippen molar-refractivity contribution in [1.82, 2.24) is 4.90 Å². The molecule has 0 atom stereocenters. The molecule has 1 amide bonds. The predicted octanol–water partition coefficient (Wildman–Crippen LogP) is 1.67. The molecular weight excluding hydrogens is 252 g/mol. The van der Waals surface area contributed by atoms with Crippen LogP contribution >= 0.6 is 11.6 Å². The molecule has 1 aromatic rings. The minimum absolute atomic E-state index is 0.00902. The topological polar surface area (TPSA) is 55.6 Å². The Kier molecular flexibility index (Phi) is 3.78. The molecule has 0 saturated heterocycles. The third kappa shape index (κ3) is 2.94. The monoisotopic (exact) mass is 268 g/mol. The van der Waals surface area contributed by atoms with E-state index in [9.17, 15) is 4.79 Å². The molecule has 0 aromatic heterocycles. The smallest absolute Gasteiger partial charge is 0.242 e. The van der Waals surface area contributed by atoms with Gasteiger partial charge in [0, 0.05) is 7.05 Å². The van der Waals surface area contributed by atoms with E-state index < -0.39 is 5.54 Å². The van der Waals surface area contributed by atoms with Gasteiger partial charge in [-0.25, -0.2) is 0 Å². The fraction of sp³-hybridized carbons (Fsp3) is 0.462. The van der Waals surface area contributed by atoms with E-state index >= 15 is 0 Å². The number of carbonyl (C=O) groups is 1. The van der Waals surface area contributed by atoms with E-state index in [1.165, 1.54) is 0 Å². The summed E-state index contributed by atoms with van der Waals surface area (Å²) in [6.45, 7) is 0.908. The lowest BCUT2D eigenvalue weighted by atomic mass is 10.2. The maximum absolute atomic E-state index is 11.9. The van der Waals surface area contributed by atoms with Gasteiger partial charge in [0.1, 0.15) is 12.4 Å². The molecule has 0 unspecified atom stereocenters. The largest absolute Gasteiger partial charge is 0.490 e. The quantitative estimate of drug-likeness (QED) is 0.884. The number of ether oxygens (including phenoxy) is 1. The van der Waals surface area contributed by atoms with Crippen molar-refractivity contribution in [3.05, 3.63) is 29.3 Å². The van der Waals surface area contributed by atoms with Gasteiger partial charge in [-0.3, -0.25) is 4.79 Å². The first-order valence-electron chi connectivity index (χ1n) is 5.95. The Bertz CT molecular complexity index is 446. The van der Waals surface area contributed by atoms with Gasteiger partial charge in [-0.15, -0.1) is 0 Å². The van der Waals surface area contributed by atoms with Crippen LogP contribution in [0.1, 0.15) is 12.8 Å². The van der Waals surface area contributed by atoms with E-state index in [0.29, 0.717) is 23.9 Å². The number of carbonyl (C=O) groups excluding carboxylic acids is 1. The number of rotatable bonds is 5. The summed E-state index contributed by atoms with van der Waals surface area (Å²) in [5.74, 6) is 0.624.